The Labute approximate surface area is 81.3 Å². The molecular weight excluding hydrogens is 182 g/mol. The highest BCUT2D eigenvalue weighted by atomic mass is 15.2. The van der Waals surface area contributed by atoms with Crippen molar-refractivity contribution in [2.24, 2.45) is 5.73 Å². The first-order valence-corrected chi connectivity index (χ1v) is 4.37. The van der Waals surface area contributed by atoms with Crippen LogP contribution in [0.25, 0.3) is 0 Å². The van der Waals surface area contributed by atoms with E-state index in [9.17, 15) is 0 Å². The molecule has 1 fully saturated rings. The van der Waals surface area contributed by atoms with E-state index in [0.717, 1.165) is 13.1 Å². The molecule has 7 heteroatoms. The van der Waals surface area contributed by atoms with Gasteiger partial charge in [0.15, 0.2) is 0 Å². The van der Waals surface area contributed by atoms with E-state index in [1.807, 2.05) is 0 Å². The van der Waals surface area contributed by atoms with Gasteiger partial charge in [0.05, 0.1) is 6.54 Å². The summed E-state index contributed by atoms with van der Waals surface area (Å²) in [6.45, 7) is 2.36. The van der Waals surface area contributed by atoms with Crippen LogP contribution in [0.4, 0.5) is 11.9 Å². The maximum atomic E-state index is 5.64. The number of nitrogens with two attached hydrogens (primary N) is 3. The number of nitrogen functional groups attached to an aromatic ring is 2. The Morgan fingerprint density at radius 2 is 1.71 bits per heavy atom. The SMILES string of the molecule is Nc1nc(N)nc(CN2CC(N)C2)n1. The maximum absolute atomic E-state index is 5.64. The lowest BCUT2D eigenvalue weighted by atomic mass is 10.1. The first-order valence-electron chi connectivity index (χ1n) is 4.37. The number of aromatic nitrogens is 3. The summed E-state index contributed by atoms with van der Waals surface area (Å²) in [6, 6.07) is 0.270. The zero-order chi connectivity index (χ0) is 10.1. The Morgan fingerprint density at radius 3 is 2.21 bits per heavy atom. The first-order chi connectivity index (χ1) is 6.63. The van der Waals surface area contributed by atoms with Gasteiger partial charge in [-0.3, -0.25) is 4.90 Å². The molecule has 1 aliphatic rings. The Bertz CT molecular complexity index is 313. The molecule has 0 unspecified atom stereocenters. The van der Waals surface area contributed by atoms with Crippen molar-refractivity contribution in [1.82, 2.24) is 19.9 Å². The highest BCUT2D eigenvalue weighted by molar-refractivity contribution is 5.25. The molecular formula is C7H13N7. The van der Waals surface area contributed by atoms with Gasteiger partial charge in [0, 0.05) is 19.1 Å². The third-order valence-corrected chi connectivity index (χ3v) is 2.07. The summed E-state index contributed by atoms with van der Waals surface area (Å²) in [5, 5.41) is 0. The van der Waals surface area contributed by atoms with Crippen LogP contribution in [0.5, 0.6) is 0 Å². The van der Waals surface area contributed by atoms with Gasteiger partial charge in [-0.15, -0.1) is 0 Å². The van der Waals surface area contributed by atoms with E-state index >= 15 is 0 Å². The lowest BCUT2D eigenvalue weighted by molar-refractivity contribution is 0.138. The third-order valence-electron chi connectivity index (χ3n) is 2.07. The molecule has 14 heavy (non-hydrogen) atoms. The molecule has 0 aromatic carbocycles. The van der Waals surface area contributed by atoms with E-state index in [2.05, 4.69) is 19.9 Å². The van der Waals surface area contributed by atoms with Gasteiger partial charge in [0.25, 0.3) is 0 Å². The Kier molecular flexibility index (Phi) is 2.18. The number of rotatable bonds is 2. The van der Waals surface area contributed by atoms with Crippen LogP contribution < -0.4 is 17.2 Å². The van der Waals surface area contributed by atoms with Gasteiger partial charge in [0.2, 0.25) is 11.9 Å². The number of hydrogen-bond acceptors (Lipinski definition) is 7. The number of nitrogens with zero attached hydrogens (tertiary/aromatic N) is 4. The molecule has 1 saturated heterocycles. The predicted molar refractivity (Wildman–Crippen MR) is 51.9 cm³/mol. The molecule has 0 amide bonds. The zero-order valence-corrected chi connectivity index (χ0v) is 7.72. The van der Waals surface area contributed by atoms with Gasteiger partial charge in [-0.25, -0.2) is 0 Å². The van der Waals surface area contributed by atoms with E-state index in [-0.39, 0.29) is 17.9 Å². The van der Waals surface area contributed by atoms with E-state index in [0.29, 0.717) is 12.4 Å². The zero-order valence-electron chi connectivity index (χ0n) is 7.72. The molecule has 76 valence electrons. The highest BCUT2D eigenvalue weighted by Crippen LogP contribution is 2.09. The Balaban J connectivity index is 2.02. The quantitative estimate of drug-likeness (QED) is 0.508. The normalized spacial score (nSPS) is 18.1. The Hall–Kier alpha value is -1.47. The average Bonchev–Trinajstić information content (AvgIpc) is 1.99. The highest BCUT2D eigenvalue weighted by Gasteiger charge is 2.23. The van der Waals surface area contributed by atoms with Crippen molar-refractivity contribution in [2.75, 3.05) is 24.6 Å². The molecule has 0 spiro atoms. The molecule has 0 bridgehead atoms. The van der Waals surface area contributed by atoms with Crippen LogP contribution in [0.2, 0.25) is 0 Å². The van der Waals surface area contributed by atoms with Gasteiger partial charge < -0.3 is 17.2 Å². The number of anilines is 2. The molecule has 0 aliphatic carbocycles. The van der Waals surface area contributed by atoms with Gasteiger partial charge in [-0.05, 0) is 0 Å². The van der Waals surface area contributed by atoms with Crippen LogP contribution >= 0.6 is 0 Å². The van der Waals surface area contributed by atoms with E-state index in [1.165, 1.54) is 0 Å². The average molecular weight is 195 g/mol. The minimum absolute atomic E-state index is 0.164. The molecule has 2 heterocycles. The summed E-state index contributed by atoms with van der Waals surface area (Å²) in [7, 11) is 0. The van der Waals surface area contributed by atoms with Crippen molar-refractivity contribution < 1.29 is 0 Å². The number of likely N-dealkylation sites (tertiary alicyclic amines) is 1. The fraction of sp³-hybridized carbons (Fsp3) is 0.571. The predicted octanol–water partition coefficient (Wildman–Crippen LogP) is -1.82. The van der Waals surface area contributed by atoms with Crippen molar-refractivity contribution in [1.29, 1.82) is 0 Å². The molecule has 1 aromatic heterocycles. The molecule has 0 radical (unpaired) electrons. The molecule has 0 saturated carbocycles. The minimum atomic E-state index is 0.164. The van der Waals surface area contributed by atoms with Crippen LogP contribution in [-0.4, -0.2) is 39.0 Å². The fourth-order valence-corrected chi connectivity index (χ4v) is 1.47. The minimum Gasteiger partial charge on any atom is -0.368 e. The molecule has 0 atom stereocenters. The monoisotopic (exact) mass is 195 g/mol. The molecule has 1 aliphatic heterocycles. The van der Waals surface area contributed by atoms with Crippen molar-refractivity contribution in [3.8, 4) is 0 Å². The van der Waals surface area contributed by atoms with Crippen LogP contribution in [0.3, 0.4) is 0 Å². The lowest BCUT2D eigenvalue weighted by Gasteiger charge is -2.36. The van der Waals surface area contributed by atoms with Gasteiger partial charge in [-0.2, -0.15) is 15.0 Å². The van der Waals surface area contributed by atoms with Crippen LogP contribution in [-0.2, 0) is 6.54 Å². The molecule has 7 nitrogen and oxygen atoms in total. The smallest absolute Gasteiger partial charge is 0.225 e. The van der Waals surface area contributed by atoms with Crippen LogP contribution in [0.15, 0.2) is 0 Å². The first kappa shape index (κ1) is 9.10. The fourth-order valence-electron chi connectivity index (χ4n) is 1.47. The standard InChI is InChI=1S/C7H13N7/c8-4-1-14(2-4)3-5-11-6(9)13-7(10)12-5/h4H,1-3,8H2,(H4,9,10,11,12,13). The van der Waals surface area contributed by atoms with Crippen molar-refractivity contribution in [2.45, 2.75) is 12.6 Å². The molecule has 1 aromatic rings. The summed E-state index contributed by atoms with van der Waals surface area (Å²) in [6.07, 6.45) is 0. The van der Waals surface area contributed by atoms with Gasteiger partial charge in [0.1, 0.15) is 5.82 Å². The summed E-state index contributed by atoms with van der Waals surface area (Å²) in [5.41, 5.74) is 16.5. The van der Waals surface area contributed by atoms with Crippen LogP contribution in [0.1, 0.15) is 5.82 Å². The summed E-state index contributed by atoms with van der Waals surface area (Å²) in [4.78, 5) is 13.8. The second-order valence-corrected chi connectivity index (χ2v) is 3.42. The van der Waals surface area contributed by atoms with E-state index in [1.54, 1.807) is 0 Å². The lowest BCUT2D eigenvalue weighted by Crippen LogP contribution is -2.55. The van der Waals surface area contributed by atoms with Crippen molar-refractivity contribution in [3.05, 3.63) is 5.82 Å². The van der Waals surface area contributed by atoms with Crippen molar-refractivity contribution in [3.63, 3.8) is 0 Å². The third kappa shape index (κ3) is 1.88. The summed E-state index contributed by atoms with van der Waals surface area (Å²) >= 11 is 0. The summed E-state index contributed by atoms with van der Waals surface area (Å²) < 4.78 is 0. The Morgan fingerprint density at radius 1 is 1.14 bits per heavy atom. The largest absolute Gasteiger partial charge is 0.368 e. The van der Waals surface area contributed by atoms with Gasteiger partial charge >= 0.3 is 0 Å². The number of hydrogen-bond donors (Lipinski definition) is 3. The second kappa shape index (κ2) is 3.35. The molecule has 6 N–H and O–H groups in total. The van der Waals surface area contributed by atoms with Crippen molar-refractivity contribution >= 4 is 11.9 Å². The van der Waals surface area contributed by atoms with Crippen LogP contribution in [0, 0.1) is 0 Å². The summed E-state index contributed by atoms with van der Waals surface area (Å²) in [5.74, 6) is 0.927. The maximum Gasteiger partial charge on any atom is 0.225 e. The second-order valence-electron chi connectivity index (χ2n) is 3.42. The topological polar surface area (TPSA) is 120 Å². The van der Waals surface area contributed by atoms with Gasteiger partial charge in [-0.1, -0.05) is 0 Å². The molecule has 2 rings (SSSR count). The van der Waals surface area contributed by atoms with E-state index in [4.69, 9.17) is 17.2 Å². The van der Waals surface area contributed by atoms with E-state index < -0.39 is 0 Å².